The Balaban J connectivity index is 1.21. The summed E-state index contributed by atoms with van der Waals surface area (Å²) >= 11 is 0. The Kier molecular flexibility index (Phi) is 7.57. The van der Waals surface area contributed by atoms with Gasteiger partial charge in [0.25, 0.3) is 5.91 Å². The molecule has 1 unspecified atom stereocenters. The number of imidazole rings is 1. The summed E-state index contributed by atoms with van der Waals surface area (Å²) in [7, 11) is 1.89. The first-order valence-corrected chi connectivity index (χ1v) is 12.8. The number of amides is 1. The van der Waals surface area contributed by atoms with Crippen LogP contribution in [-0.4, -0.2) is 77.0 Å². The number of rotatable bonds is 8. The molecular formula is C29H34N6O. The van der Waals surface area contributed by atoms with Crippen LogP contribution in [0.25, 0.3) is 11.0 Å². The molecule has 0 spiro atoms. The number of benzene rings is 2. The zero-order valence-electron chi connectivity index (χ0n) is 20.9. The van der Waals surface area contributed by atoms with Crippen molar-refractivity contribution in [2.45, 2.75) is 18.8 Å². The summed E-state index contributed by atoms with van der Waals surface area (Å²) in [6.07, 6.45) is 3.89. The lowest BCUT2D eigenvalue weighted by molar-refractivity contribution is 0.0782. The van der Waals surface area contributed by atoms with Gasteiger partial charge in [0.2, 0.25) is 5.95 Å². The van der Waals surface area contributed by atoms with Gasteiger partial charge in [-0.25, -0.2) is 4.98 Å². The SMILES string of the molecule is CN(CC(CCN1CCCN(c2nc3ccccc3[nH]2)CC1)c1ccccn1)C(=O)c1ccccc1. The molecule has 4 aromatic rings. The van der Waals surface area contributed by atoms with Crippen molar-refractivity contribution in [1.29, 1.82) is 0 Å². The molecule has 1 amide bonds. The van der Waals surface area contributed by atoms with E-state index in [0.717, 1.165) is 73.8 Å². The summed E-state index contributed by atoms with van der Waals surface area (Å²) in [5, 5.41) is 0. The van der Waals surface area contributed by atoms with Crippen LogP contribution < -0.4 is 4.90 Å². The maximum Gasteiger partial charge on any atom is 0.253 e. The lowest BCUT2D eigenvalue weighted by Gasteiger charge is -2.27. The Morgan fingerprint density at radius 2 is 1.78 bits per heavy atom. The van der Waals surface area contributed by atoms with Crippen molar-refractivity contribution in [3.63, 3.8) is 0 Å². The van der Waals surface area contributed by atoms with E-state index >= 15 is 0 Å². The standard InChI is InChI=1S/C29H34N6O/c1-33(28(36)23-10-3-2-4-11-23)22-24(25-12-7-8-16-30-25)15-19-34-17-9-18-35(21-20-34)29-31-26-13-5-6-14-27(26)32-29/h2-8,10-14,16,24H,9,15,17-22H2,1H3,(H,31,32). The van der Waals surface area contributed by atoms with Gasteiger partial charge >= 0.3 is 0 Å². The fourth-order valence-electron chi connectivity index (χ4n) is 5.00. The number of carbonyl (C=O) groups excluding carboxylic acids is 1. The van der Waals surface area contributed by atoms with Crippen molar-refractivity contribution in [2.75, 3.05) is 51.2 Å². The Hall–Kier alpha value is -3.71. The van der Waals surface area contributed by atoms with Crippen molar-refractivity contribution in [1.82, 2.24) is 24.8 Å². The second-order valence-corrected chi connectivity index (χ2v) is 9.55. The van der Waals surface area contributed by atoms with Gasteiger partial charge in [-0.3, -0.25) is 9.78 Å². The number of aromatic nitrogens is 3. The highest BCUT2D eigenvalue weighted by molar-refractivity contribution is 5.94. The number of hydrogen-bond donors (Lipinski definition) is 1. The molecule has 7 heteroatoms. The number of pyridine rings is 1. The number of fused-ring (bicyclic) bond motifs is 1. The van der Waals surface area contributed by atoms with E-state index in [-0.39, 0.29) is 11.8 Å². The third-order valence-corrected chi connectivity index (χ3v) is 7.03. The molecule has 186 valence electrons. The van der Waals surface area contributed by atoms with Gasteiger partial charge in [0.05, 0.1) is 11.0 Å². The van der Waals surface area contributed by atoms with E-state index in [1.165, 1.54) is 0 Å². The average molecular weight is 483 g/mol. The third kappa shape index (κ3) is 5.74. The normalized spacial score (nSPS) is 15.5. The van der Waals surface area contributed by atoms with E-state index in [1.807, 2.05) is 72.7 Å². The minimum absolute atomic E-state index is 0.0489. The largest absolute Gasteiger partial charge is 0.341 e. The second kappa shape index (κ2) is 11.4. The quantitative estimate of drug-likeness (QED) is 0.403. The minimum Gasteiger partial charge on any atom is -0.341 e. The van der Waals surface area contributed by atoms with Crippen molar-refractivity contribution in [2.24, 2.45) is 0 Å². The molecule has 36 heavy (non-hydrogen) atoms. The van der Waals surface area contributed by atoms with Gasteiger partial charge in [-0.1, -0.05) is 36.4 Å². The summed E-state index contributed by atoms with van der Waals surface area (Å²) in [5.41, 5.74) is 3.86. The summed E-state index contributed by atoms with van der Waals surface area (Å²) in [6, 6.07) is 23.8. The number of para-hydroxylation sites is 2. The highest BCUT2D eigenvalue weighted by Gasteiger charge is 2.22. The van der Waals surface area contributed by atoms with Crippen LogP contribution in [0, 0.1) is 0 Å². The lowest BCUT2D eigenvalue weighted by atomic mass is 9.99. The molecule has 1 aliphatic rings. The van der Waals surface area contributed by atoms with E-state index in [2.05, 4.69) is 38.0 Å². The number of nitrogens with one attached hydrogen (secondary N) is 1. The molecule has 0 radical (unpaired) electrons. The molecule has 5 rings (SSSR count). The van der Waals surface area contributed by atoms with Crippen LogP contribution >= 0.6 is 0 Å². The number of carbonyl (C=O) groups is 1. The molecule has 3 heterocycles. The number of nitrogens with zero attached hydrogens (tertiary/aromatic N) is 5. The molecule has 0 aliphatic carbocycles. The van der Waals surface area contributed by atoms with Crippen molar-refractivity contribution < 1.29 is 4.79 Å². The predicted octanol–water partition coefficient (Wildman–Crippen LogP) is 4.42. The van der Waals surface area contributed by atoms with E-state index in [1.54, 1.807) is 0 Å². The van der Waals surface area contributed by atoms with Crippen LogP contribution in [-0.2, 0) is 0 Å². The number of likely N-dealkylation sites (N-methyl/N-ethyl adjacent to an activating group) is 1. The zero-order valence-corrected chi connectivity index (χ0v) is 20.9. The fraction of sp³-hybridized carbons (Fsp3) is 0.345. The van der Waals surface area contributed by atoms with Crippen molar-refractivity contribution >= 4 is 22.9 Å². The molecule has 1 N–H and O–H groups in total. The van der Waals surface area contributed by atoms with E-state index < -0.39 is 0 Å². The molecule has 1 aliphatic heterocycles. The smallest absolute Gasteiger partial charge is 0.253 e. The first-order valence-electron chi connectivity index (χ1n) is 12.8. The van der Waals surface area contributed by atoms with Crippen LogP contribution in [0.3, 0.4) is 0 Å². The van der Waals surface area contributed by atoms with Crippen LogP contribution in [0.4, 0.5) is 5.95 Å². The summed E-state index contributed by atoms with van der Waals surface area (Å²) in [5.74, 6) is 1.19. The molecule has 0 saturated carbocycles. The predicted molar refractivity (Wildman–Crippen MR) is 144 cm³/mol. The van der Waals surface area contributed by atoms with E-state index in [9.17, 15) is 4.79 Å². The third-order valence-electron chi connectivity index (χ3n) is 7.03. The Morgan fingerprint density at radius 1 is 0.972 bits per heavy atom. The van der Waals surface area contributed by atoms with Gasteiger partial charge in [-0.05, 0) is 62.3 Å². The highest BCUT2D eigenvalue weighted by atomic mass is 16.2. The Bertz CT molecular complexity index is 1230. The average Bonchev–Trinajstić information content (AvgIpc) is 3.22. The number of aromatic amines is 1. The molecule has 7 nitrogen and oxygen atoms in total. The molecule has 2 aromatic carbocycles. The Labute approximate surface area is 212 Å². The van der Waals surface area contributed by atoms with E-state index in [4.69, 9.17) is 4.98 Å². The molecule has 1 atom stereocenters. The maximum absolute atomic E-state index is 13.0. The van der Waals surface area contributed by atoms with Crippen molar-refractivity contribution in [3.05, 3.63) is 90.3 Å². The van der Waals surface area contributed by atoms with Crippen molar-refractivity contribution in [3.8, 4) is 0 Å². The molecule has 0 bridgehead atoms. The van der Waals surface area contributed by atoms with Gasteiger partial charge in [0.15, 0.2) is 0 Å². The molecular weight excluding hydrogens is 448 g/mol. The maximum atomic E-state index is 13.0. The van der Waals surface area contributed by atoms with Crippen LogP contribution in [0.1, 0.15) is 34.8 Å². The summed E-state index contributed by atoms with van der Waals surface area (Å²) < 4.78 is 0. The molecule has 1 fully saturated rings. The van der Waals surface area contributed by atoms with Gasteiger partial charge in [-0.2, -0.15) is 0 Å². The first-order chi connectivity index (χ1) is 17.7. The first kappa shape index (κ1) is 24.0. The Morgan fingerprint density at radius 3 is 2.58 bits per heavy atom. The van der Waals surface area contributed by atoms with Crippen LogP contribution in [0.2, 0.25) is 0 Å². The molecule has 2 aromatic heterocycles. The topological polar surface area (TPSA) is 68.4 Å². The highest BCUT2D eigenvalue weighted by Crippen LogP contribution is 2.22. The van der Waals surface area contributed by atoms with Crippen LogP contribution in [0.5, 0.6) is 0 Å². The number of anilines is 1. The second-order valence-electron chi connectivity index (χ2n) is 9.55. The van der Waals surface area contributed by atoms with E-state index in [0.29, 0.717) is 6.54 Å². The monoisotopic (exact) mass is 482 g/mol. The van der Waals surface area contributed by atoms with Gasteiger partial charge in [0.1, 0.15) is 0 Å². The lowest BCUT2D eigenvalue weighted by Crippen LogP contribution is -2.35. The number of H-pyrrole nitrogens is 1. The summed E-state index contributed by atoms with van der Waals surface area (Å²) in [6.45, 7) is 5.61. The minimum atomic E-state index is 0.0489. The van der Waals surface area contributed by atoms with Gasteiger partial charge in [-0.15, -0.1) is 0 Å². The van der Waals surface area contributed by atoms with Gasteiger partial charge < -0.3 is 19.7 Å². The zero-order chi connectivity index (χ0) is 24.7. The van der Waals surface area contributed by atoms with Gasteiger partial charge in [0, 0.05) is 56.6 Å². The van der Waals surface area contributed by atoms with Crippen LogP contribution in [0.15, 0.2) is 79.0 Å². The number of hydrogen-bond acceptors (Lipinski definition) is 5. The summed E-state index contributed by atoms with van der Waals surface area (Å²) in [4.78, 5) is 32.6. The molecule has 1 saturated heterocycles. The fourth-order valence-corrected chi connectivity index (χ4v) is 5.00.